The highest BCUT2D eigenvalue weighted by atomic mass is 16.5. The lowest BCUT2D eigenvalue weighted by atomic mass is 10.0. The van der Waals surface area contributed by atoms with Gasteiger partial charge in [-0.25, -0.2) is 0 Å². The number of nitrogens with zero attached hydrogens (tertiary/aromatic N) is 1. The Morgan fingerprint density at radius 1 is 1.08 bits per heavy atom. The standard InChI is InChI=1S/C22H37NO/c1-6-7-8-17-23(21-12-14-22(24-5)15-13-21)18-16-20(4)11-9-10-19(2)3/h10,12-15,20H,6-9,11,16-18H2,1-5H3. The molecular weight excluding hydrogens is 294 g/mol. The molecule has 1 rings (SSSR count). The van der Waals surface area contributed by atoms with Crippen LogP contribution in [0.5, 0.6) is 5.75 Å². The van der Waals surface area contributed by atoms with E-state index in [1.165, 1.54) is 49.8 Å². The van der Waals surface area contributed by atoms with Gasteiger partial charge in [-0.05, 0) is 69.7 Å². The van der Waals surface area contributed by atoms with Gasteiger partial charge in [0.05, 0.1) is 7.11 Å². The number of allylic oxidation sites excluding steroid dienone is 2. The molecular formula is C22H37NO. The van der Waals surface area contributed by atoms with Gasteiger partial charge in [0.2, 0.25) is 0 Å². The molecule has 1 unspecified atom stereocenters. The summed E-state index contributed by atoms with van der Waals surface area (Å²) in [6, 6.07) is 8.53. The van der Waals surface area contributed by atoms with Crippen LogP contribution in [0.1, 0.15) is 66.2 Å². The fraction of sp³-hybridized carbons (Fsp3) is 0.636. The Kier molecular flexibility index (Phi) is 10.3. The molecule has 0 spiro atoms. The molecule has 1 aromatic carbocycles. The molecule has 0 aliphatic carbocycles. The molecule has 0 heterocycles. The third-order valence-corrected chi connectivity index (χ3v) is 4.57. The maximum absolute atomic E-state index is 5.29. The third-order valence-electron chi connectivity index (χ3n) is 4.57. The first-order valence-corrected chi connectivity index (χ1v) is 9.59. The van der Waals surface area contributed by atoms with E-state index in [9.17, 15) is 0 Å². The van der Waals surface area contributed by atoms with Gasteiger partial charge in [-0.3, -0.25) is 0 Å². The van der Waals surface area contributed by atoms with E-state index in [0.717, 1.165) is 24.8 Å². The summed E-state index contributed by atoms with van der Waals surface area (Å²) >= 11 is 0. The van der Waals surface area contributed by atoms with Gasteiger partial charge in [-0.2, -0.15) is 0 Å². The van der Waals surface area contributed by atoms with E-state index in [1.807, 2.05) is 0 Å². The molecule has 0 saturated carbocycles. The summed E-state index contributed by atoms with van der Waals surface area (Å²) in [6.07, 6.45) is 9.97. The molecule has 0 aliphatic heterocycles. The van der Waals surface area contributed by atoms with Crippen molar-refractivity contribution >= 4 is 5.69 Å². The van der Waals surface area contributed by atoms with Crippen molar-refractivity contribution < 1.29 is 4.74 Å². The molecule has 0 saturated heterocycles. The van der Waals surface area contributed by atoms with Gasteiger partial charge in [-0.15, -0.1) is 0 Å². The van der Waals surface area contributed by atoms with Crippen molar-refractivity contribution in [3.8, 4) is 5.75 Å². The second-order valence-electron chi connectivity index (χ2n) is 7.14. The van der Waals surface area contributed by atoms with Crippen molar-refractivity contribution in [2.45, 2.75) is 66.2 Å². The predicted molar refractivity (Wildman–Crippen MR) is 107 cm³/mol. The average Bonchev–Trinajstić information content (AvgIpc) is 2.58. The molecule has 24 heavy (non-hydrogen) atoms. The zero-order chi connectivity index (χ0) is 17.8. The van der Waals surface area contributed by atoms with E-state index in [4.69, 9.17) is 4.74 Å². The zero-order valence-electron chi connectivity index (χ0n) is 16.5. The van der Waals surface area contributed by atoms with Gasteiger partial charge >= 0.3 is 0 Å². The van der Waals surface area contributed by atoms with Crippen LogP contribution in [0.4, 0.5) is 5.69 Å². The summed E-state index contributed by atoms with van der Waals surface area (Å²) in [5.41, 5.74) is 2.75. The predicted octanol–water partition coefficient (Wildman–Crippen LogP) is 6.46. The number of hydrogen-bond donors (Lipinski definition) is 0. The van der Waals surface area contributed by atoms with E-state index in [0.29, 0.717) is 0 Å². The summed E-state index contributed by atoms with van der Waals surface area (Å²) in [5, 5.41) is 0. The Bertz CT molecular complexity index is 459. The van der Waals surface area contributed by atoms with E-state index in [-0.39, 0.29) is 0 Å². The third kappa shape index (κ3) is 8.42. The Hall–Kier alpha value is -1.44. The van der Waals surface area contributed by atoms with Crippen LogP contribution in [-0.2, 0) is 0 Å². The van der Waals surface area contributed by atoms with Crippen LogP contribution >= 0.6 is 0 Å². The van der Waals surface area contributed by atoms with Crippen molar-refractivity contribution in [2.24, 2.45) is 5.92 Å². The van der Waals surface area contributed by atoms with Gasteiger partial charge in [0.1, 0.15) is 5.75 Å². The minimum absolute atomic E-state index is 0.771. The number of ether oxygens (including phenoxy) is 1. The van der Waals surface area contributed by atoms with Gasteiger partial charge < -0.3 is 9.64 Å². The van der Waals surface area contributed by atoms with Gasteiger partial charge in [0.25, 0.3) is 0 Å². The van der Waals surface area contributed by atoms with Gasteiger partial charge in [0, 0.05) is 18.8 Å². The number of hydrogen-bond acceptors (Lipinski definition) is 2. The Labute approximate surface area is 149 Å². The van der Waals surface area contributed by atoms with E-state index in [2.05, 4.69) is 62.9 Å². The smallest absolute Gasteiger partial charge is 0.119 e. The Morgan fingerprint density at radius 2 is 1.79 bits per heavy atom. The molecule has 0 radical (unpaired) electrons. The second-order valence-corrected chi connectivity index (χ2v) is 7.14. The summed E-state index contributed by atoms with van der Waals surface area (Å²) in [4.78, 5) is 2.55. The quantitative estimate of drug-likeness (QED) is 0.322. The van der Waals surface area contributed by atoms with Crippen LogP contribution in [0, 0.1) is 5.92 Å². The molecule has 1 atom stereocenters. The molecule has 0 amide bonds. The van der Waals surface area contributed by atoms with Gasteiger partial charge in [0.15, 0.2) is 0 Å². The van der Waals surface area contributed by atoms with Crippen LogP contribution in [0.3, 0.4) is 0 Å². The first kappa shape index (κ1) is 20.6. The van der Waals surface area contributed by atoms with E-state index >= 15 is 0 Å². The van der Waals surface area contributed by atoms with Crippen LogP contribution in [0.15, 0.2) is 35.9 Å². The molecule has 0 bridgehead atoms. The number of anilines is 1. The largest absolute Gasteiger partial charge is 0.497 e. The second kappa shape index (κ2) is 12.0. The number of rotatable bonds is 12. The average molecular weight is 332 g/mol. The van der Waals surface area contributed by atoms with E-state index < -0.39 is 0 Å². The fourth-order valence-corrected chi connectivity index (χ4v) is 2.89. The Balaban J connectivity index is 2.56. The minimum atomic E-state index is 0.771. The maximum Gasteiger partial charge on any atom is 0.119 e. The lowest BCUT2D eigenvalue weighted by Gasteiger charge is -2.26. The van der Waals surface area contributed by atoms with Crippen molar-refractivity contribution in [1.82, 2.24) is 0 Å². The van der Waals surface area contributed by atoms with Crippen molar-refractivity contribution in [1.29, 1.82) is 0 Å². The fourth-order valence-electron chi connectivity index (χ4n) is 2.89. The molecule has 136 valence electrons. The first-order valence-electron chi connectivity index (χ1n) is 9.59. The topological polar surface area (TPSA) is 12.5 Å². The minimum Gasteiger partial charge on any atom is -0.497 e. The molecule has 2 heteroatoms. The highest BCUT2D eigenvalue weighted by molar-refractivity contribution is 5.49. The summed E-state index contributed by atoms with van der Waals surface area (Å²) in [6.45, 7) is 11.3. The van der Waals surface area contributed by atoms with E-state index in [1.54, 1.807) is 7.11 Å². The van der Waals surface area contributed by atoms with Crippen LogP contribution in [0.2, 0.25) is 0 Å². The summed E-state index contributed by atoms with van der Waals surface area (Å²) in [7, 11) is 1.72. The lowest BCUT2D eigenvalue weighted by Crippen LogP contribution is -2.26. The normalized spacial score (nSPS) is 11.9. The number of benzene rings is 1. The summed E-state index contributed by atoms with van der Waals surface area (Å²) in [5.74, 6) is 1.70. The SMILES string of the molecule is CCCCCN(CCC(C)CCC=C(C)C)c1ccc(OC)cc1. The zero-order valence-corrected chi connectivity index (χ0v) is 16.5. The molecule has 0 aromatic heterocycles. The highest BCUT2D eigenvalue weighted by Gasteiger charge is 2.09. The molecule has 0 aliphatic rings. The lowest BCUT2D eigenvalue weighted by molar-refractivity contribution is 0.414. The summed E-state index contributed by atoms with van der Waals surface area (Å²) < 4.78 is 5.29. The van der Waals surface area contributed by atoms with Crippen LogP contribution in [-0.4, -0.2) is 20.2 Å². The molecule has 0 fully saturated rings. The van der Waals surface area contributed by atoms with Crippen LogP contribution < -0.4 is 9.64 Å². The molecule has 1 aromatic rings. The van der Waals surface area contributed by atoms with Crippen molar-refractivity contribution in [2.75, 3.05) is 25.1 Å². The van der Waals surface area contributed by atoms with Gasteiger partial charge in [-0.1, -0.05) is 38.3 Å². The number of unbranched alkanes of at least 4 members (excludes halogenated alkanes) is 2. The molecule has 2 nitrogen and oxygen atoms in total. The van der Waals surface area contributed by atoms with Crippen molar-refractivity contribution in [3.63, 3.8) is 0 Å². The van der Waals surface area contributed by atoms with Crippen LogP contribution in [0.25, 0.3) is 0 Å². The number of methoxy groups -OCH3 is 1. The molecule has 0 N–H and O–H groups in total. The Morgan fingerprint density at radius 3 is 2.38 bits per heavy atom. The highest BCUT2D eigenvalue weighted by Crippen LogP contribution is 2.22. The maximum atomic E-state index is 5.29. The monoisotopic (exact) mass is 331 g/mol. The first-order chi connectivity index (χ1) is 11.6. The van der Waals surface area contributed by atoms with Crippen molar-refractivity contribution in [3.05, 3.63) is 35.9 Å².